The van der Waals surface area contributed by atoms with Gasteiger partial charge < -0.3 is 4.42 Å². The predicted octanol–water partition coefficient (Wildman–Crippen LogP) is 1.37. The molecule has 1 aromatic heterocycles. The molecule has 8 heteroatoms. The Kier molecular flexibility index (Phi) is 3.69. The van der Waals surface area contributed by atoms with E-state index in [9.17, 15) is 8.42 Å². The van der Waals surface area contributed by atoms with Crippen molar-refractivity contribution in [2.45, 2.75) is 10.1 Å². The first-order chi connectivity index (χ1) is 8.50. The average molecular weight is 285 g/mol. The van der Waals surface area contributed by atoms with Gasteiger partial charge in [0.25, 0.3) is 5.22 Å². The second kappa shape index (κ2) is 5.09. The third-order valence-corrected chi connectivity index (χ3v) is 3.80. The van der Waals surface area contributed by atoms with Crippen molar-refractivity contribution in [3.63, 3.8) is 0 Å². The van der Waals surface area contributed by atoms with Crippen molar-refractivity contribution in [1.29, 1.82) is 0 Å². The molecule has 0 spiro atoms. The van der Waals surface area contributed by atoms with Gasteiger partial charge in [-0.25, -0.2) is 8.42 Å². The zero-order chi connectivity index (χ0) is 13.2. The smallest absolute Gasteiger partial charge is 0.292 e. The van der Waals surface area contributed by atoms with Crippen LogP contribution in [0.25, 0.3) is 11.5 Å². The normalized spacial score (nSPS) is 11.7. The molecule has 0 bridgehead atoms. The molecule has 0 atom stereocenters. The Balaban J connectivity index is 2.28. The van der Waals surface area contributed by atoms with Gasteiger partial charge in [-0.05, 0) is 31.3 Å². The van der Waals surface area contributed by atoms with Crippen LogP contribution in [-0.4, -0.2) is 31.9 Å². The molecule has 0 fully saturated rings. The summed E-state index contributed by atoms with van der Waals surface area (Å²) in [5.74, 6) is 0.354. The quantitative estimate of drug-likeness (QED) is 0.849. The zero-order valence-corrected chi connectivity index (χ0v) is 11.4. The van der Waals surface area contributed by atoms with Gasteiger partial charge in [-0.1, -0.05) is 5.10 Å². The van der Waals surface area contributed by atoms with Crippen LogP contribution >= 0.6 is 11.9 Å². The maximum Gasteiger partial charge on any atom is 0.292 e. The van der Waals surface area contributed by atoms with Crippen LogP contribution in [0.5, 0.6) is 0 Å². The highest BCUT2D eigenvalue weighted by atomic mass is 32.2. The van der Waals surface area contributed by atoms with Gasteiger partial charge in [0.2, 0.25) is 5.89 Å². The second-order valence-electron chi connectivity index (χ2n) is 3.48. The average Bonchev–Trinajstić information content (AvgIpc) is 2.77. The molecule has 1 aromatic carbocycles. The minimum atomic E-state index is -3.19. The number of rotatable bonds is 4. The lowest BCUT2D eigenvalue weighted by atomic mass is 10.2. The largest absolute Gasteiger partial charge is 0.410 e. The Hall–Kier alpha value is -1.38. The minimum Gasteiger partial charge on any atom is -0.410 e. The van der Waals surface area contributed by atoms with Crippen LogP contribution in [0.3, 0.4) is 0 Å². The molecule has 0 saturated carbocycles. The van der Waals surface area contributed by atoms with E-state index in [4.69, 9.17) is 4.42 Å². The molecular weight excluding hydrogens is 274 g/mol. The SMILES string of the molecule is CNSc1nnc(-c2ccc(S(C)(=O)=O)cc2)o1. The lowest BCUT2D eigenvalue weighted by molar-refractivity contribution is 0.465. The van der Waals surface area contributed by atoms with Crippen LogP contribution in [0.15, 0.2) is 38.8 Å². The first-order valence-corrected chi connectivity index (χ1v) is 7.69. The molecule has 2 aromatic rings. The van der Waals surface area contributed by atoms with E-state index in [1.54, 1.807) is 19.2 Å². The van der Waals surface area contributed by atoms with Crippen LogP contribution in [-0.2, 0) is 9.84 Å². The van der Waals surface area contributed by atoms with Crippen LogP contribution in [0, 0.1) is 0 Å². The molecule has 0 saturated heterocycles. The summed E-state index contributed by atoms with van der Waals surface area (Å²) in [6.45, 7) is 0. The summed E-state index contributed by atoms with van der Waals surface area (Å²) in [4.78, 5) is 0.260. The molecule has 18 heavy (non-hydrogen) atoms. The molecule has 0 aliphatic carbocycles. The van der Waals surface area contributed by atoms with Crippen LogP contribution in [0.2, 0.25) is 0 Å². The van der Waals surface area contributed by atoms with Crippen LogP contribution in [0.1, 0.15) is 0 Å². The summed E-state index contributed by atoms with van der Waals surface area (Å²) < 4.78 is 30.8. The molecule has 0 unspecified atom stereocenters. The predicted molar refractivity (Wildman–Crippen MR) is 67.8 cm³/mol. The number of hydrogen-bond donors (Lipinski definition) is 1. The number of nitrogens with zero attached hydrogens (tertiary/aromatic N) is 2. The Bertz CT molecular complexity index is 635. The van der Waals surface area contributed by atoms with Gasteiger partial charge in [-0.2, -0.15) is 0 Å². The van der Waals surface area contributed by atoms with Gasteiger partial charge in [0, 0.05) is 23.8 Å². The van der Waals surface area contributed by atoms with Crippen molar-refractivity contribution >= 4 is 21.8 Å². The highest BCUT2D eigenvalue weighted by Gasteiger charge is 2.11. The Labute approximate surface area is 109 Å². The molecule has 2 rings (SSSR count). The first kappa shape index (κ1) is 13.1. The van der Waals surface area contributed by atoms with Crippen molar-refractivity contribution in [3.05, 3.63) is 24.3 Å². The monoisotopic (exact) mass is 285 g/mol. The molecule has 96 valence electrons. The minimum absolute atomic E-state index is 0.260. The number of nitrogens with one attached hydrogen (secondary N) is 1. The van der Waals surface area contributed by atoms with E-state index in [2.05, 4.69) is 14.9 Å². The van der Waals surface area contributed by atoms with E-state index in [0.29, 0.717) is 16.7 Å². The van der Waals surface area contributed by atoms with E-state index in [1.807, 2.05) is 0 Å². The van der Waals surface area contributed by atoms with Crippen molar-refractivity contribution in [1.82, 2.24) is 14.9 Å². The standard InChI is InChI=1S/C10H11N3O3S2/c1-11-17-10-13-12-9(16-10)7-3-5-8(6-4-7)18(2,14)15/h3-6,11H,1-2H3. The van der Waals surface area contributed by atoms with Crippen molar-refractivity contribution in [2.24, 2.45) is 0 Å². The van der Waals surface area contributed by atoms with E-state index in [0.717, 1.165) is 6.26 Å². The fourth-order valence-electron chi connectivity index (χ4n) is 1.30. The molecule has 0 amide bonds. The van der Waals surface area contributed by atoms with Gasteiger partial charge in [-0.15, -0.1) is 5.10 Å². The Morgan fingerprint density at radius 3 is 2.44 bits per heavy atom. The number of aromatic nitrogens is 2. The third kappa shape index (κ3) is 2.89. The number of benzene rings is 1. The summed E-state index contributed by atoms with van der Waals surface area (Å²) in [7, 11) is -1.44. The van der Waals surface area contributed by atoms with E-state index >= 15 is 0 Å². The number of hydrogen-bond acceptors (Lipinski definition) is 7. The zero-order valence-electron chi connectivity index (χ0n) is 9.75. The maximum absolute atomic E-state index is 11.3. The van der Waals surface area contributed by atoms with Crippen LogP contribution in [0.4, 0.5) is 0 Å². The van der Waals surface area contributed by atoms with Crippen molar-refractivity contribution < 1.29 is 12.8 Å². The molecule has 1 N–H and O–H groups in total. The van der Waals surface area contributed by atoms with Gasteiger partial charge >= 0.3 is 0 Å². The summed E-state index contributed by atoms with van der Waals surface area (Å²) in [6, 6.07) is 6.30. The number of sulfone groups is 1. The summed E-state index contributed by atoms with van der Waals surface area (Å²) in [5.41, 5.74) is 0.679. The Morgan fingerprint density at radius 1 is 1.22 bits per heavy atom. The molecular formula is C10H11N3O3S2. The van der Waals surface area contributed by atoms with Gasteiger partial charge in [0.1, 0.15) is 0 Å². The van der Waals surface area contributed by atoms with Crippen molar-refractivity contribution in [3.8, 4) is 11.5 Å². The van der Waals surface area contributed by atoms with Gasteiger partial charge in [-0.3, -0.25) is 4.72 Å². The lowest BCUT2D eigenvalue weighted by Crippen LogP contribution is -1.96. The highest BCUT2D eigenvalue weighted by molar-refractivity contribution is 7.97. The summed E-state index contributed by atoms with van der Waals surface area (Å²) >= 11 is 1.21. The Morgan fingerprint density at radius 2 is 1.89 bits per heavy atom. The van der Waals surface area contributed by atoms with E-state index in [-0.39, 0.29) is 4.90 Å². The maximum atomic E-state index is 11.3. The van der Waals surface area contributed by atoms with E-state index < -0.39 is 9.84 Å². The summed E-state index contributed by atoms with van der Waals surface area (Å²) in [6.07, 6.45) is 1.16. The lowest BCUT2D eigenvalue weighted by Gasteiger charge is -1.98. The molecule has 6 nitrogen and oxygen atoms in total. The van der Waals surface area contributed by atoms with Gasteiger partial charge in [0.05, 0.1) is 4.90 Å². The highest BCUT2D eigenvalue weighted by Crippen LogP contribution is 2.22. The second-order valence-corrected chi connectivity index (χ2v) is 6.45. The van der Waals surface area contributed by atoms with Gasteiger partial charge in [0.15, 0.2) is 9.84 Å². The topological polar surface area (TPSA) is 85.1 Å². The molecule has 0 radical (unpaired) electrons. The fraction of sp³-hybridized carbons (Fsp3) is 0.200. The molecule has 1 heterocycles. The molecule has 0 aliphatic heterocycles. The van der Waals surface area contributed by atoms with E-state index in [1.165, 1.54) is 24.1 Å². The van der Waals surface area contributed by atoms with Crippen LogP contribution < -0.4 is 4.72 Å². The third-order valence-electron chi connectivity index (χ3n) is 2.13. The summed E-state index contributed by atoms with van der Waals surface area (Å²) in [5, 5.41) is 8.09. The molecule has 0 aliphatic rings. The van der Waals surface area contributed by atoms with Crippen molar-refractivity contribution in [2.75, 3.05) is 13.3 Å². The fourth-order valence-corrected chi connectivity index (χ4v) is 2.31. The first-order valence-electron chi connectivity index (χ1n) is 4.98.